The lowest BCUT2D eigenvalue weighted by Crippen LogP contribution is -2.24. The first-order chi connectivity index (χ1) is 9.52. The molecule has 3 heteroatoms. The number of rotatable bonds is 5. The molecule has 0 aliphatic carbocycles. The van der Waals surface area contributed by atoms with Crippen molar-refractivity contribution in [1.29, 1.82) is 0 Å². The van der Waals surface area contributed by atoms with E-state index in [4.69, 9.17) is 0 Å². The molecule has 1 N–H and O–H groups in total. The molecule has 1 aromatic heterocycles. The van der Waals surface area contributed by atoms with Crippen LogP contribution in [0.25, 0.3) is 10.4 Å². The molecule has 0 amide bonds. The summed E-state index contributed by atoms with van der Waals surface area (Å²) in [6.07, 6.45) is 0. The van der Waals surface area contributed by atoms with Crippen LogP contribution >= 0.6 is 27.3 Å². The van der Waals surface area contributed by atoms with E-state index < -0.39 is 0 Å². The molecule has 0 aliphatic rings. The minimum absolute atomic E-state index is 0.454. The first kappa shape index (κ1) is 15.7. The van der Waals surface area contributed by atoms with Crippen LogP contribution in [0.5, 0.6) is 0 Å². The molecule has 0 fully saturated rings. The topological polar surface area (TPSA) is 12.0 Å². The lowest BCUT2D eigenvalue weighted by atomic mass is 10.0. The average molecular weight is 352 g/mol. The standard InChI is InChI=1S/C17H22BrNS/c1-5-19-17(11(2)3)16-9-8-15(20-16)13-6-7-14(18)12(4)10-13/h6-11,17,19H,5H2,1-4H3. The molecule has 0 radical (unpaired) electrons. The highest BCUT2D eigenvalue weighted by Crippen LogP contribution is 2.35. The van der Waals surface area contributed by atoms with Crippen LogP contribution in [-0.2, 0) is 0 Å². The second-order valence-corrected chi connectivity index (χ2v) is 7.42. The van der Waals surface area contributed by atoms with Crippen LogP contribution in [0.15, 0.2) is 34.8 Å². The number of aryl methyl sites for hydroxylation is 1. The minimum Gasteiger partial charge on any atom is -0.309 e. The molecule has 1 aromatic carbocycles. The Morgan fingerprint density at radius 2 is 1.95 bits per heavy atom. The van der Waals surface area contributed by atoms with Gasteiger partial charge in [-0.05, 0) is 54.8 Å². The van der Waals surface area contributed by atoms with Gasteiger partial charge in [-0.25, -0.2) is 0 Å². The third-order valence-corrected chi connectivity index (χ3v) is 5.57. The van der Waals surface area contributed by atoms with Crippen molar-refractivity contribution in [1.82, 2.24) is 5.32 Å². The van der Waals surface area contributed by atoms with E-state index in [2.05, 4.69) is 79.3 Å². The summed E-state index contributed by atoms with van der Waals surface area (Å²) < 4.78 is 1.17. The maximum absolute atomic E-state index is 3.59. The normalized spacial score (nSPS) is 12.9. The summed E-state index contributed by atoms with van der Waals surface area (Å²) in [7, 11) is 0. The van der Waals surface area contributed by atoms with Crippen molar-refractivity contribution >= 4 is 27.3 Å². The highest BCUT2D eigenvalue weighted by Gasteiger charge is 2.17. The van der Waals surface area contributed by atoms with Crippen LogP contribution in [0.2, 0.25) is 0 Å². The first-order valence-corrected chi connectivity index (χ1v) is 8.73. The Morgan fingerprint density at radius 3 is 2.55 bits per heavy atom. The molecule has 20 heavy (non-hydrogen) atoms. The monoisotopic (exact) mass is 351 g/mol. The summed E-state index contributed by atoms with van der Waals surface area (Å²) in [6, 6.07) is 11.5. The molecule has 0 spiro atoms. The summed E-state index contributed by atoms with van der Waals surface area (Å²) in [5, 5.41) is 3.59. The minimum atomic E-state index is 0.454. The molecule has 0 bridgehead atoms. The molecule has 1 nitrogen and oxygen atoms in total. The van der Waals surface area contributed by atoms with Crippen LogP contribution in [0.3, 0.4) is 0 Å². The van der Waals surface area contributed by atoms with E-state index in [1.807, 2.05) is 11.3 Å². The molecule has 2 rings (SSSR count). The van der Waals surface area contributed by atoms with Gasteiger partial charge >= 0.3 is 0 Å². The van der Waals surface area contributed by atoms with Gasteiger partial charge in [0.25, 0.3) is 0 Å². The van der Waals surface area contributed by atoms with Gasteiger partial charge in [0.2, 0.25) is 0 Å². The summed E-state index contributed by atoms with van der Waals surface area (Å²) in [4.78, 5) is 2.77. The highest BCUT2D eigenvalue weighted by atomic mass is 79.9. The zero-order chi connectivity index (χ0) is 14.7. The summed E-state index contributed by atoms with van der Waals surface area (Å²) in [5.74, 6) is 0.605. The second-order valence-electron chi connectivity index (χ2n) is 5.45. The first-order valence-electron chi connectivity index (χ1n) is 7.12. The van der Waals surface area contributed by atoms with Crippen molar-refractivity contribution in [2.45, 2.75) is 33.7 Å². The number of halogens is 1. The second kappa shape index (κ2) is 6.88. The Kier molecular flexibility index (Phi) is 5.42. The van der Waals surface area contributed by atoms with Crippen molar-refractivity contribution in [3.63, 3.8) is 0 Å². The third-order valence-electron chi connectivity index (χ3n) is 3.47. The van der Waals surface area contributed by atoms with Gasteiger partial charge in [0.15, 0.2) is 0 Å². The van der Waals surface area contributed by atoms with Crippen LogP contribution in [0.4, 0.5) is 0 Å². The number of thiophene rings is 1. The molecule has 0 saturated carbocycles. The largest absolute Gasteiger partial charge is 0.309 e. The lowest BCUT2D eigenvalue weighted by Gasteiger charge is -2.20. The summed E-state index contributed by atoms with van der Waals surface area (Å²) >= 11 is 5.46. The summed E-state index contributed by atoms with van der Waals surface area (Å²) in [5.41, 5.74) is 2.59. The van der Waals surface area contributed by atoms with Gasteiger partial charge in [-0.3, -0.25) is 0 Å². The molecule has 108 valence electrons. The van der Waals surface area contributed by atoms with E-state index in [-0.39, 0.29) is 0 Å². The number of hydrogen-bond acceptors (Lipinski definition) is 2. The fourth-order valence-electron chi connectivity index (χ4n) is 2.36. The predicted molar refractivity (Wildman–Crippen MR) is 93.4 cm³/mol. The van der Waals surface area contributed by atoms with Gasteiger partial charge in [-0.2, -0.15) is 0 Å². The molecule has 0 saturated heterocycles. The lowest BCUT2D eigenvalue weighted by molar-refractivity contribution is 0.428. The van der Waals surface area contributed by atoms with E-state index in [1.165, 1.54) is 25.4 Å². The molecule has 0 aliphatic heterocycles. The fraction of sp³-hybridized carbons (Fsp3) is 0.412. The SMILES string of the molecule is CCNC(c1ccc(-c2ccc(Br)c(C)c2)s1)C(C)C. The van der Waals surface area contributed by atoms with Crippen molar-refractivity contribution in [2.24, 2.45) is 5.92 Å². The molecular weight excluding hydrogens is 330 g/mol. The van der Waals surface area contributed by atoms with Crippen LogP contribution in [0.1, 0.15) is 37.3 Å². The van der Waals surface area contributed by atoms with Gasteiger partial charge < -0.3 is 5.32 Å². The molecular formula is C17H22BrNS. The molecule has 1 heterocycles. The zero-order valence-corrected chi connectivity index (χ0v) is 14.9. The van der Waals surface area contributed by atoms with Gasteiger partial charge in [0.1, 0.15) is 0 Å². The van der Waals surface area contributed by atoms with Gasteiger partial charge in [0.05, 0.1) is 0 Å². The molecule has 1 atom stereocenters. The molecule has 1 unspecified atom stereocenters. The van der Waals surface area contributed by atoms with E-state index in [1.54, 1.807) is 0 Å². The predicted octanol–water partition coefficient (Wildman–Crippen LogP) is 5.79. The average Bonchev–Trinajstić information content (AvgIpc) is 2.88. The third kappa shape index (κ3) is 3.51. The Bertz CT molecular complexity index is 574. The number of hydrogen-bond donors (Lipinski definition) is 1. The van der Waals surface area contributed by atoms with Crippen molar-refractivity contribution in [2.75, 3.05) is 6.54 Å². The van der Waals surface area contributed by atoms with Gasteiger partial charge in [0, 0.05) is 20.3 Å². The Labute approximate surface area is 134 Å². The summed E-state index contributed by atoms with van der Waals surface area (Å²) in [6.45, 7) is 9.86. The maximum atomic E-state index is 3.59. The van der Waals surface area contributed by atoms with E-state index in [0.717, 1.165) is 6.54 Å². The Balaban J connectivity index is 2.29. The van der Waals surface area contributed by atoms with Crippen LogP contribution < -0.4 is 5.32 Å². The fourth-order valence-corrected chi connectivity index (χ4v) is 3.86. The highest BCUT2D eigenvalue weighted by molar-refractivity contribution is 9.10. The molecule has 2 aromatic rings. The quantitative estimate of drug-likeness (QED) is 0.718. The van der Waals surface area contributed by atoms with Gasteiger partial charge in [-0.15, -0.1) is 11.3 Å². The van der Waals surface area contributed by atoms with Crippen molar-refractivity contribution in [3.8, 4) is 10.4 Å². The zero-order valence-electron chi connectivity index (χ0n) is 12.5. The van der Waals surface area contributed by atoms with Crippen LogP contribution in [0, 0.1) is 12.8 Å². The Hall–Kier alpha value is -0.640. The van der Waals surface area contributed by atoms with Crippen LogP contribution in [-0.4, -0.2) is 6.54 Å². The smallest absolute Gasteiger partial charge is 0.0438 e. The van der Waals surface area contributed by atoms with Crippen molar-refractivity contribution < 1.29 is 0 Å². The van der Waals surface area contributed by atoms with Gasteiger partial charge in [-0.1, -0.05) is 42.8 Å². The number of benzene rings is 1. The Morgan fingerprint density at radius 1 is 1.20 bits per heavy atom. The van der Waals surface area contributed by atoms with E-state index >= 15 is 0 Å². The van der Waals surface area contributed by atoms with E-state index in [9.17, 15) is 0 Å². The number of nitrogens with one attached hydrogen (secondary N) is 1. The maximum Gasteiger partial charge on any atom is 0.0438 e. The van der Waals surface area contributed by atoms with Crippen molar-refractivity contribution in [3.05, 3.63) is 45.2 Å². The van der Waals surface area contributed by atoms with E-state index in [0.29, 0.717) is 12.0 Å².